The minimum atomic E-state index is -4.34. The average molecular weight is 639 g/mol. The number of rotatable bonds is 14. The predicted molar refractivity (Wildman–Crippen MR) is 163 cm³/mol. The lowest BCUT2D eigenvalue weighted by atomic mass is 10.1. The second kappa shape index (κ2) is 15.2. The maximum atomic E-state index is 14.1. The molecule has 2 amide bonds. The predicted octanol–water partition coefficient (Wildman–Crippen LogP) is 6.06. The molecule has 3 aromatic rings. The minimum Gasteiger partial charge on any atom is -0.494 e. The number of carbonyl (C=O) groups excluding carboxylic acids is 2. The van der Waals surface area contributed by atoms with Gasteiger partial charge in [0.2, 0.25) is 11.8 Å². The fourth-order valence-corrected chi connectivity index (χ4v) is 5.99. The van der Waals surface area contributed by atoms with E-state index in [0.29, 0.717) is 35.9 Å². The topological polar surface area (TPSA) is 96.0 Å². The summed E-state index contributed by atoms with van der Waals surface area (Å²) in [5, 5.41) is 3.44. The lowest BCUT2D eigenvalue weighted by Gasteiger charge is -2.33. The third-order valence-electron chi connectivity index (χ3n) is 6.39. The van der Waals surface area contributed by atoms with Crippen molar-refractivity contribution < 1.29 is 27.1 Å². The first-order chi connectivity index (χ1) is 20.0. The van der Waals surface area contributed by atoms with Crippen LogP contribution in [0.25, 0.3) is 0 Å². The molecule has 0 unspecified atom stereocenters. The van der Waals surface area contributed by atoms with Crippen LogP contribution in [0.5, 0.6) is 5.75 Å². The molecule has 226 valence electrons. The van der Waals surface area contributed by atoms with E-state index in [1.807, 2.05) is 13.8 Å². The van der Waals surface area contributed by atoms with Crippen molar-refractivity contribution in [3.63, 3.8) is 0 Å². The molecule has 0 aromatic heterocycles. The van der Waals surface area contributed by atoms with Gasteiger partial charge in [-0.05, 0) is 86.0 Å². The van der Waals surface area contributed by atoms with E-state index in [1.165, 1.54) is 17.0 Å². The molecule has 0 saturated carbocycles. The Morgan fingerprint density at radius 3 is 2.19 bits per heavy atom. The Morgan fingerprint density at radius 1 is 0.952 bits per heavy atom. The number of anilines is 1. The van der Waals surface area contributed by atoms with Crippen LogP contribution in [0.15, 0.2) is 71.6 Å². The Kier molecular flexibility index (Phi) is 12.0. The molecule has 0 aliphatic rings. The number of halogens is 3. The molecule has 0 aliphatic carbocycles. The normalized spacial score (nSPS) is 12.0. The number of ether oxygens (including phenoxy) is 1. The summed E-state index contributed by atoms with van der Waals surface area (Å²) in [7, 11) is -4.34. The van der Waals surface area contributed by atoms with E-state index in [0.717, 1.165) is 28.6 Å². The van der Waals surface area contributed by atoms with E-state index in [9.17, 15) is 22.4 Å². The van der Waals surface area contributed by atoms with Crippen molar-refractivity contribution >= 4 is 50.7 Å². The monoisotopic (exact) mass is 637 g/mol. The molecule has 0 saturated heterocycles. The van der Waals surface area contributed by atoms with Gasteiger partial charge in [-0.25, -0.2) is 12.8 Å². The SMILES string of the molecule is CCCNC(=O)[C@@H](CC)N(Cc1ccc(Cl)c(Cl)c1)C(=O)CN(c1ccc(OCC)cc1)S(=O)(=O)c1ccc(F)cc1. The fourth-order valence-electron chi connectivity index (χ4n) is 4.26. The summed E-state index contributed by atoms with van der Waals surface area (Å²) in [4.78, 5) is 28.4. The van der Waals surface area contributed by atoms with Gasteiger partial charge in [0.25, 0.3) is 10.0 Å². The smallest absolute Gasteiger partial charge is 0.264 e. The lowest BCUT2D eigenvalue weighted by Crippen LogP contribution is -2.52. The molecule has 0 bridgehead atoms. The van der Waals surface area contributed by atoms with Crippen molar-refractivity contribution in [2.24, 2.45) is 0 Å². The van der Waals surface area contributed by atoms with Crippen molar-refractivity contribution in [1.82, 2.24) is 10.2 Å². The summed E-state index contributed by atoms with van der Waals surface area (Å²) in [6.45, 7) is 5.67. The highest BCUT2D eigenvalue weighted by Crippen LogP contribution is 2.28. The molecule has 8 nitrogen and oxygen atoms in total. The summed E-state index contributed by atoms with van der Waals surface area (Å²) in [6.07, 6.45) is 0.973. The third kappa shape index (κ3) is 8.36. The van der Waals surface area contributed by atoms with E-state index in [-0.39, 0.29) is 34.5 Å². The number of amides is 2. The van der Waals surface area contributed by atoms with Gasteiger partial charge in [-0.1, -0.05) is 43.1 Å². The Labute approximate surface area is 256 Å². The van der Waals surface area contributed by atoms with Crippen LogP contribution >= 0.6 is 23.2 Å². The van der Waals surface area contributed by atoms with Gasteiger partial charge in [-0.2, -0.15) is 0 Å². The summed E-state index contributed by atoms with van der Waals surface area (Å²) in [6, 6.07) is 14.6. The van der Waals surface area contributed by atoms with Gasteiger partial charge < -0.3 is 15.0 Å². The highest BCUT2D eigenvalue weighted by Gasteiger charge is 2.33. The van der Waals surface area contributed by atoms with Crippen LogP contribution in [0.3, 0.4) is 0 Å². The summed E-state index contributed by atoms with van der Waals surface area (Å²) >= 11 is 12.3. The highest BCUT2D eigenvalue weighted by molar-refractivity contribution is 7.92. The van der Waals surface area contributed by atoms with Gasteiger partial charge >= 0.3 is 0 Å². The van der Waals surface area contributed by atoms with Gasteiger partial charge in [-0.15, -0.1) is 0 Å². The second-order valence-electron chi connectivity index (χ2n) is 9.38. The molecule has 0 heterocycles. The first kappa shape index (κ1) is 33.2. The van der Waals surface area contributed by atoms with Gasteiger partial charge in [0.1, 0.15) is 24.2 Å². The lowest BCUT2D eigenvalue weighted by molar-refractivity contribution is -0.140. The zero-order valence-corrected chi connectivity index (χ0v) is 26.0. The standard InChI is InChI=1S/C30H34Cl2FN3O5S/c1-4-17-34-30(38)28(5-2)35(19-21-7-16-26(31)27(32)18-21)29(37)20-36(23-10-12-24(13-11-23)41-6-3)42(39,40)25-14-8-22(33)9-15-25/h7-16,18,28H,4-6,17,19-20H2,1-3H3,(H,34,38)/t28-/m1/s1. The summed E-state index contributed by atoms with van der Waals surface area (Å²) < 4.78 is 47.8. The molecule has 3 rings (SSSR count). The Bertz CT molecular complexity index is 1470. The quantitative estimate of drug-likeness (QED) is 0.232. The largest absolute Gasteiger partial charge is 0.494 e. The number of hydrogen-bond acceptors (Lipinski definition) is 5. The van der Waals surface area contributed by atoms with Gasteiger partial charge in [0.15, 0.2) is 0 Å². The van der Waals surface area contributed by atoms with E-state index in [1.54, 1.807) is 37.3 Å². The van der Waals surface area contributed by atoms with Crippen LogP contribution in [-0.2, 0) is 26.2 Å². The zero-order chi connectivity index (χ0) is 30.9. The highest BCUT2D eigenvalue weighted by atomic mass is 35.5. The van der Waals surface area contributed by atoms with Crippen molar-refractivity contribution in [2.45, 2.75) is 51.1 Å². The number of nitrogens with one attached hydrogen (secondary N) is 1. The van der Waals surface area contributed by atoms with Crippen LogP contribution in [0.2, 0.25) is 10.0 Å². The number of benzene rings is 3. The third-order valence-corrected chi connectivity index (χ3v) is 8.92. The molecule has 0 spiro atoms. The van der Waals surface area contributed by atoms with Crippen molar-refractivity contribution in [2.75, 3.05) is 24.0 Å². The molecule has 0 radical (unpaired) electrons. The van der Waals surface area contributed by atoms with Crippen molar-refractivity contribution in [3.05, 3.63) is 88.2 Å². The van der Waals surface area contributed by atoms with E-state index in [2.05, 4.69) is 5.32 Å². The summed E-state index contributed by atoms with van der Waals surface area (Å²) in [5.41, 5.74) is 0.794. The molecule has 1 N–H and O–H groups in total. The first-order valence-corrected chi connectivity index (χ1v) is 15.7. The second-order valence-corrected chi connectivity index (χ2v) is 12.1. The molecule has 3 aromatic carbocycles. The van der Waals surface area contributed by atoms with Crippen LogP contribution in [0, 0.1) is 5.82 Å². The van der Waals surface area contributed by atoms with Gasteiger partial charge in [-0.3, -0.25) is 13.9 Å². The molecular weight excluding hydrogens is 604 g/mol. The Balaban J connectivity index is 2.06. The zero-order valence-electron chi connectivity index (χ0n) is 23.6. The number of hydrogen-bond donors (Lipinski definition) is 1. The molecule has 42 heavy (non-hydrogen) atoms. The van der Waals surface area contributed by atoms with E-state index < -0.39 is 34.3 Å². The van der Waals surface area contributed by atoms with Crippen molar-refractivity contribution in [1.29, 1.82) is 0 Å². The summed E-state index contributed by atoms with van der Waals surface area (Å²) in [5.74, 6) is -1.07. The van der Waals surface area contributed by atoms with Gasteiger partial charge in [0.05, 0.1) is 27.2 Å². The van der Waals surface area contributed by atoms with Crippen LogP contribution in [0.4, 0.5) is 10.1 Å². The molecule has 0 fully saturated rings. The number of nitrogens with zero attached hydrogens (tertiary/aromatic N) is 2. The molecule has 0 aliphatic heterocycles. The Morgan fingerprint density at radius 2 is 1.62 bits per heavy atom. The fraction of sp³-hybridized carbons (Fsp3) is 0.333. The molecule has 1 atom stereocenters. The first-order valence-electron chi connectivity index (χ1n) is 13.5. The maximum Gasteiger partial charge on any atom is 0.264 e. The van der Waals surface area contributed by atoms with E-state index >= 15 is 0 Å². The number of carbonyl (C=O) groups is 2. The number of sulfonamides is 1. The van der Waals surface area contributed by atoms with Crippen LogP contribution < -0.4 is 14.4 Å². The van der Waals surface area contributed by atoms with Crippen LogP contribution in [0.1, 0.15) is 39.2 Å². The molecule has 12 heteroatoms. The average Bonchev–Trinajstić information content (AvgIpc) is 2.97. The van der Waals surface area contributed by atoms with Crippen molar-refractivity contribution in [3.8, 4) is 5.75 Å². The minimum absolute atomic E-state index is 0.0263. The van der Waals surface area contributed by atoms with Gasteiger partial charge in [0, 0.05) is 13.1 Å². The Hall–Kier alpha value is -3.34. The van der Waals surface area contributed by atoms with Crippen LogP contribution in [-0.4, -0.2) is 50.9 Å². The van der Waals surface area contributed by atoms with E-state index in [4.69, 9.17) is 27.9 Å². The molecular formula is C30H34Cl2FN3O5S. The maximum absolute atomic E-state index is 14.1.